The maximum absolute atomic E-state index is 14.5. The van der Waals surface area contributed by atoms with E-state index in [0.717, 1.165) is 6.20 Å². The Labute approximate surface area is 185 Å². The van der Waals surface area contributed by atoms with Crippen molar-refractivity contribution < 1.29 is 27.1 Å². The average Bonchev–Trinajstić information content (AvgIpc) is 3.54. The number of benzene rings is 1. The number of nitrogens with one attached hydrogen (secondary N) is 1. The van der Waals surface area contributed by atoms with Crippen LogP contribution in [0.25, 0.3) is 22.7 Å². The van der Waals surface area contributed by atoms with Crippen molar-refractivity contribution in [2.45, 2.75) is 12.2 Å². The number of hydrogen-bond donors (Lipinski definition) is 1. The van der Waals surface area contributed by atoms with Crippen molar-refractivity contribution in [2.24, 2.45) is 0 Å². The number of rotatable bonds is 5. The largest absolute Gasteiger partial charge is 0.449 e. The van der Waals surface area contributed by atoms with Gasteiger partial charge in [0.05, 0.1) is 43.2 Å². The Bertz CT molecular complexity index is 1300. The SMILES string of the molecule is O=C(Nc1ccncc1F)c1ccc(-c2c(-c3ccc(F)cc3)ncn2[C@@H]2COC[C@H]2F)o1. The highest BCUT2D eigenvalue weighted by atomic mass is 19.1. The summed E-state index contributed by atoms with van der Waals surface area (Å²) < 4.78 is 54.4. The molecule has 5 rings (SSSR count). The summed E-state index contributed by atoms with van der Waals surface area (Å²) in [7, 11) is 0. The summed E-state index contributed by atoms with van der Waals surface area (Å²) in [6.45, 7) is 0.0975. The zero-order chi connectivity index (χ0) is 22.9. The summed E-state index contributed by atoms with van der Waals surface area (Å²) in [6.07, 6.45) is 2.53. The van der Waals surface area contributed by atoms with E-state index in [1.807, 2.05) is 0 Å². The number of amides is 1. The van der Waals surface area contributed by atoms with Gasteiger partial charge in [-0.3, -0.25) is 9.78 Å². The van der Waals surface area contributed by atoms with Gasteiger partial charge in [-0.15, -0.1) is 0 Å². The molecule has 1 N–H and O–H groups in total. The van der Waals surface area contributed by atoms with Gasteiger partial charge in [-0.05, 0) is 42.5 Å². The lowest BCUT2D eigenvalue weighted by Gasteiger charge is -2.16. The predicted octanol–water partition coefficient (Wildman–Crippen LogP) is 4.65. The standard InChI is InChI=1S/C23H17F3N4O3/c24-14-3-1-13(2-4-14)21-22(30(12-28-21)18-11-32-10-16(18)26)19-5-6-20(33-19)23(31)29-17-7-8-27-9-15(17)25/h1-9,12,16,18H,10-11H2,(H,27,29,31)/t16-,18-/m1/s1. The molecular formula is C23H17F3N4O3. The molecule has 33 heavy (non-hydrogen) atoms. The maximum atomic E-state index is 14.5. The second-order valence-electron chi connectivity index (χ2n) is 7.45. The fourth-order valence-electron chi connectivity index (χ4n) is 3.69. The van der Waals surface area contributed by atoms with Crippen LogP contribution in [-0.2, 0) is 4.74 Å². The maximum Gasteiger partial charge on any atom is 0.291 e. The molecule has 1 fully saturated rings. The lowest BCUT2D eigenvalue weighted by molar-refractivity contribution is 0.0997. The minimum atomic E-state index is -1.26. The van der Waals surface area contributed by atoms with Crippen molar-refractivity contribution in [1.29, 1.82) is 0 Å². The van der Waals surface area contributed by atoms with Crippen LogP contribution in [0.3, 0.4) is 0 Å². The number of anilines is 1. The number of nitrogens with zero attached hydrogens (tertiary/aromatic N) is 3. The monoisotopic (exact) mass is 454 g/mol. The molecule has 2 atom stereocenters. The normalized spacial score (nSPS) is 17.9. The quantitative estimate of drug-likeness (QED) is 0.475. The lowest BCUT2D eigenvalue weighted by atomic mass is 10.1. The molecule has 4 heterocycles. The smallest absolute Gasteiger partial charge is 0.291 e. The summed E-state index contributed by atoms with van der Waals surface area (Å²) in [4.78, 5) is 20.6. The fraction of sp³-hybridized carbons (Fsp3) is 0.174. The highest BCUT2D eigenvalue weighted by molar-refractivity contribution is 6.02. The highest BCUT2D eigenvalue weighted by Gasteiger charge is 2.33. The van der Waals surface area contributed by atoms with E-state index in [1.54, 1.807) is 22.8 Å². The first-order valence-corrected chi connectivity index (χ1v) is 10.1. The van der Waals surface area contributed by atoms with Gasteiger partial charge in [0.25, 0.3) is 5.91 Å². The number of ether oxygens (including phenoxy) is 1. The van der Waals surface area contributed by atoms with Crippen molar-refractivity contribution in [2.75, 3.05) is 18.5 Å². The molecule has 0 spiro atoms. The summed E-state index contributed by atoms with van der Waals surface area (Å²) in [6, 6.07) is 9.32. The van der Waals surface area contributed by atoms with Crippen molar-refractivity contribution >= 4 is 11.6 Å². The van der Waals surface area contributed by atoms with Crippen molar-refractivity contribution in [3.05, 3.63) is 78.6 Å². The zero-order valence-electron chi connectivity index (χ0n) is 17.0. The summed E-state index contributed by atoms with van der Waals surface area (Å²) in [5, 5.41) is 2.42. The Morgan fingerprint density at radius 1 is 1.09 bits per heavy atom. The summed E-state index contributed by atoms with van der Waals surface area (Å²) in [5.41, 5.74) is 1.37. The van der Waals surface area contributed by atoms with Crippen molar-refractivity contribution in [3.63, 3.8) is 0 Å². The first kappa shape index (κ1) is 21.0. The number of furan rings is 1. The molecule has 1 aliphatic heterocycles. The van der Waals surface area contributed by atoms with Gasteiger partial charge in [0.2, 0.25) is 0 Å². The van der Waals surface area contributed by atoms with Gasteiger partial charge in [0.1, 0.15) is 17.7 Å². The first-order chi connectivity index (χ1) is 16.0. The van der Waals surface area contributed by atoms with Gasteiger partial charge >= 0.3 is 0 Å². The lowest BCUT2D eigenvalue weighted by Crippen LogP contribution is -2.18. The van der Waals surface area contributed by atoms with Gasteiger partial charge in [0.15, 0.2) is 17.3 Å². The van der Waals surface area contributed by atoms with E-state index >= 15 is 0 Å². The molecule has 1 saturated heterocycles. The van der Waals surface area contributed by atoms with E-state index < -0.39 is 29.8 Å². The third-order valence-electron chi connectivity index (χ3n) is 5.34. The summed E-state index contributed by atoms with van der Waals surface area (Å²) in [5.74, 6) is -1.62. The molecule has 7 nitrogen and oxygen atoms in total. The Hall–Kier alpha value is -3.92. The van der Waals surface area contributed by atoms with Gasteiger partial charge < -0.3 is 19.0 Å². The number of alkyl halides is 1. The van der Waals surface area contributed by atoms with Crippen LogP contribution < -0.4 is 5.32 Å². The Morgan fingerprint density at radius 2 is 1.91 bits per heavy atom. The Balaban J connectivity index is 1.53. The number of imidazole rings is 1. The average molecular weight is 454 g/mol. The highest BCUT2D eigenvalue weighted by Crippen LogP contribution is 2.37. The van der Waals surface area contributed by atoms with Crippen molar-refractivity contribution in [1.82, 2.24) is 14.5 Å². The van der Waals surface area contributed by atoms with Crippen LogP contribution in [0.15, 0.2) is 65.6 Å². The molecule has 0 radical (unpaired) electrons. The fourth-order valence-corrected chi connectivity index (χ4v) is 3.69. The van der Waals surface area contributed by atoms with E-state index in [4.69, 9.17) is 9.15 Å². The van der Waals surface area contributed by atoms with E-state index in [9.17, 15) is 18.0 Å². The second-order valence-corrected chi connectivity index (χ2v) is 7.45. The van der Waals surface area contributed by atoms with E-state index in [-0.39, 0.29) is 30.4 Å². The molecule has 10 heteroatoms. The molecule has 1 aromatic carbocycles. The van der Waals surface area contributed by atoms with Crippen LogP contribution >= 0.6 is 0 Å². The number of hydrogen-bond acceptors (Lipinski definition) is 5. The van der Waals surface area contributed by atoms with E-state index in [2.05, 4.69) is 15.3 Å². The van der Waals surface area contributed by atoms with Crippen LogP contribution in [0.1, 0.15) is 16.6 Å². The number of carbonyl (C=O) groups excluding carboxylic acids is 1. The molecule has 168 valence electrons. The Kier molecular flexibility index (Phi) is 5.43. The minimum absolute atomic E-state index is 0.0442. The molecule has 0 unspecified atom stereocenters. The number of carbonyl (C=O) groups is 1. The minimum Gasteiger partial charge on any atom is -0.449 e. The van der Waals surface area contributed by atoms with Crippen LogP contribution in [0.5, 0.6) is 0 Å². The Morgan fingerprint density at radius 3 is 2.64 bits per heavy atom. The van der Waals surface area contributed by atoms with Crippen LogP contribution in [0, 0.1) is 11.6 Å². The number of aromatic nitrogens is 3. The number of halogens is 3. The first-order valence-electron chi connectivity index (χ1n) is 10.1. The molecule has 0 bridgehead atoms. The zero-order valence-corrected chi connectivity index (χ0v) is 17.0. The molecule has 3 aromatic heterocycles. The molecular weight excluding hydrogens is 437 g/mol. The van der Waals surface area contributed by atoms with E-state index in [0.29, 0.717) is 17.0 Å². The van der Waals surface area contributed by atoms with Crippen molar-refractivity contribution in [3.8, 4) is 22.7 Å². The summed E-state index contributed by atoms with van der Waals surface area (Å²) >= 11 is 0. The molecule has 1 amide bonds. The molecule has 0 aliphatic carbocycles. The topological polar surface area (TPSA) is 82.2 Å². The van der Waals surface area contributed by atoms with Crippen LogP contribution in [-0.4, -0.2) is 39.8 Å². The van der Waals surface area contributed by atoms with Gasteiger partial charge in [0, 0.05) is 11.8 Å². The molecule has 0 saturated carbocycles. The van der Waals surface area contributed by atoms with Crippen LogP contribution in [0.4, 0.5) is 18.9 Å². The molecule has 4 aromatic rings. The third kappa shape index (κ3) is 4.00. The third-order valence-corrected chi connectivity index (χ3v) is 5.34. The van der Waals surface area contributed by atoms with E-state index in [1.165, 1.54) is 36.8 Å². The van der Waals surface area contributed by atoms with Gasteiger partial charge in [-0.1, -0.05) is 0 Å². The second kappa shape index (κ2) is 8.55. The van der Waals surface area contributed by atoms with Gasteiger partial charge in [-0.2, -0.15) is 0 Å². The number of pyridine rings is 1. The van der Waals surface area contributed by atoms with Crippen LogP contribution in [0.2, 0.25) is 0 Å². The molecule has 1 aliphatic rings. The predicted molar refractivity (Wildman–Crippen MR) is 112 cm³/mol. The van der Waals surface area contributed by atoms with Gasteiger partial charge in [-0.25, -0.2) is 18.2 Å².